The van der Waals surface area contributed by atoms with Crippen LogP contribution < -0.4 is 10.9 Å². The van der Waals surface area contributed by atoms with Crippen molar-refractivity contribution in [3.8, 4) is 0 Å². The van der Waals surface area contributed by atoms with Crippen LogP contribution in [0.2, 0.25) is 0 Å². The van der Waals surface area contributed by atoms with E-state index in [2.05, 4.69) is 39.6 Å². The SMILES string of the molecule is Cc1ccc(C(NC(=O)CCCc2nc3ccccc3c(=O)[nH]2)c2cccs2)cc1. The fourth-order valence-electron chi connectivity index (χ4n) is 3.44. The number of nitrogens with zero attached hydrogens (tertiary/aromatic N) is 1. The van der Waals surface area contributed by atoms with Crippen molar-refractivity contribution in [2.75, 3.05) is 0 Å². The second kappa shape index (κ2) is 9.05. The number of thiophene rings is 1. The summed E-state index contributed by atoms with van der Waals surface area (Å²) in [6.45, 7) is 2.05. The van der Waals surface area contributed by atoms with Gasteiger partial charge in [0.1, 0.15) is 5.82 Å². The topological polar surface area (TPSA) is 74.8 Å². The van der Waals surface area contributed by atoms with E-state index in [1.54, 1.807) is 17.4 Å². The molecule has 1 amide bonds. The molecular weight excluding hydrogens is 394 g/mol. The van der Waals surface area contributed by atoms with Gasteiger partial charge in [-0.25, -0.2) is 4.98 Å². The summed E-state index contributed by atoms with van der Waals surface area (Å²) in [7, 11) is 0. The van der Waals surface area contributed by atoms with E-state index < -0.39 is 0 Å². The Morgan fingerprint density at radius 1 is 1.10 bits per heavy atom. The minimum absolute atomic E-state index is 0.0166. The predicted octanol–water partition coefficient (Wildman–Crippen LogP) is 4.52. The van der Waals surface area contributed by atoms with Gasteiger partial charge in [-0.15, -0.1) is 11.3 Å². The molecule has 0 radical (unpaired) electrons. The molecule has 2 aromatic carbocycles. The van der Waals surface area contributed by atoms with Crippen molar-refractivity contribution in [3.05, 3.63) is 98.2 Å². The predicted molar refractivity (Wildman–Crippen MR) is 121 cm³/mol. The molecule has 0 saturated heterocycles. The Morgan fingerprint density at radius 3 is 2.67 bits per heavy atom. The zero-order valence-corrected chi connectivity index (χ0v) is 17.5. The van der Waals surface area contributed by atoms with Gasteiger partial charge in [0.05, 0.1) is 16.9 Å². The average Bonchev–Trinajstić information content (AvgIpc) is 3.27. The molecular formula is C24H23N3O2S. The van der Waals surface area contributed by atoms with Crippen molar-refractivity contribution in [1.82, 2.24) is 15.3 Å². The highest BCUT2D eigenvalue weighted by Crippen LogP contribution is 2.26. The van der Waals surface area contributed by atoms with Gasteiger partial charge in [-0.05, 0) is 42.5 Å². The Balaban J connectivity index is 1.40. The maximum absolute atomic E-state index is 12.7. The fraction of sp³-hybridized carbons (Fsp3) is 0.208. The molecule has 4 rings (SSSR count). The lowest BCUT2D eigenvalue weighted by Gasteiger charge is -2.18. The molecule has 0 aliphatic carbocycles. The molecule has 0 saturated carbocycles. The van der Waals surface area contributed by atoms with Gasteiger partial charge in [0.25, 0.3) is 5.56 Å². The van der Waals surface area contributed by atoms with Gasteiger partial charge in [0.2, 0.25) is 5.91 Å². The van der Waals surface area contributed by atoms with E-state index in [1.165, 1.54) is 5.56 Å². The van der Waals surface area contributed by atoms with Crippen molar-refractivity contribution < 1.29 is 4.79 Å². The second-order valence-corrected chi connectivity index (χ2v) is 8.29. The zero-order valence-electron chi connectivity index (χ0n) is 16.7. The summed E-state index contributed by atoms with van der Waals surface area (Å²) in [4.78, 5) is 33.3. The van der Waals surface area contributed by atoms with E-state index in [-0.39, 0.29) is 17.5 Å². The normalized spacial score (nSPS) is 12.0. The van der Waals surface area contributed by atoms with E-state index in [9.17, 15) is 9.59 Å². The van der Waals surface area contributed by atoms with E-state index in [0.29, 0.717) is 36.0 Å². The van der Waals surface area contributed by atoms with Gasteiger partial charge in [0, 0.05) is 17.7 Å². The summed E-state index contributed by atoms with van der Waals surface area (Å²) >= 11 is 1.63. The standard InChI is InChI=1S/C24H23N3O2S/c1-16-11-13-17(14-12-16)23(20-8-5-15-30-20)27-22(28)10-4-9-21-25-19-7-3-2-6-18(19)24(29)26-21/h2-3,5-8,11-15,23H,4,9-10H2,1H3,(H,27,28)(H,25,26,29). The third-order valence-corrected chi connectivity index (χ3v) is 5.96. The third-order valence-electron chi connectivity index (χ3n) is 5.02. The number of benzene rings is 2. The Hall–Kier alpha value is -3.25. The number of carbonyl (C=O) groups is 1. The van der Waals surface area contributed by atoms with Crippen LogP contribution >= 0.6 is 11.3 Å². The minimum Gasteiger partial charge on any atom is -0.344 e. The highest BCUT2D eigenvalue weighted by molar-refractivity contribution is 7.10. The molecule has 0 fully saturated rings. The van der Waals surface area contributed by atoms with Crippen molar-refractivity contribution in [3.63, 3.8) is 0 Å². The van der Waals surface area contributed by atoms with Crippen molar-refractivity contribution >= 4 is 28.1 Å². The summed E-state index contributed by atoms with van der Waals surface area (Å²) in [6.07, 6.45) is 1.52. The monoisotopic (exact) mass is 417 g/mol. The highest BCUT2D eigenvalue weighted by atomic mass is 32.1. The molecule has 0 bridgehead atoms. The molecule has 4 aromatic rings. The first kappa shape index (κ1) is 20.0. The van der Waals surface area contributed by atoms with Crippen LogP contribution in [-0.4, -0.2) is 15.9 Å². The molecule has 2 N–H and O–H groups in total. The molecule has 2 aromatic heterocycles. The minimum atomic E-state index is -0.156. The second-order valence-electron chi connectivity index (χ2n) is 7.31. The van der Waals surface area contributed by atoms with Crippen LogP contribution in [0, 0.1) is 6.92 Å². The number of amides is 1. The molecule has 152 valence electrons. The quantitative estimate of drug-likeness (QED) is 0.464. The van der Waals surface area contributed by atoms with Crippen molar-refractivity contribution in [2.24, 2.45) is 0 Å². The number of aromatic amines is 1. The van der Waals surface area contributed by atoms with Gasteiger partial charge < -0.3 is 10.3 Å². The molecule has 1 atom stereocenters. The summed E-state index contributed by atoms with van der Waals surface area (Å²) in [5.41, 5.74) is 2.79. The number of aromatic nitrogens is 2. The lowest BCUT2D eigenvalue weighted by Crippen LogP contribution is -2.28. The number of carbonyl (C=O) groups excluding carboxylic acids is 1. The van der Waals surface area contributed by atoms with Crippen molar-refractivity contribution in [1.29, 1.82) is 0 Å². The fourth-order valence-corrected chi connectivity index (χ4v) is 4.24. The largest absolute Gasteiger partial charge is 0.344 e. The summed E-state index contributed by atoms with van der Waals surface area (Å²) in [5, 5.41) is 5.76. The molecule has 6 heteroatoms. The number of nitrogens with one attached hydrogen (secondary N) is 2. The van der Waals surface area contributed by atoms with E-state index in [0.717, 1.165) is 10.4 Å². The zero-order chi connectivity index (χ0) is 20.9. The summed E-state index contributed by atoms with van der Waals surface area (Å²) in [5.74, 6) is 0.594. The number of fused-ring (bicyclic) bond motifs is 1. The van der Waals surface area contributed by atoms with Crippen LogP contribution in [0.4, 0.5) is 0 Å². The van der Waals surface area contributed by atoms with Gasteiger partial charge in [0.15, 0.2) is 0 Å². The molecule has 2 heterocycles. The summed E-state index contributed by atoms with van der Waals surface area (Å²) in [6, 6.07) is 19.4. The first-order valence-corrected chi connectivity index (χ1v) is 10.9. The van der Waals surface area contributed by atoms with E-state index >= 15 is 0 Å². The summed E-state index contributed by atoms with van der Waals surface area (Å²) < 4.78 is 0. The molecule has 0 aliphatic heterocycles. The Kier molecular flexibility index (Phi) is 6.05. The molecule has 0 aliphatic rings. The Bertz CT molecular complexity index is 1200. The van der Waals surface area contributed by atoms with Gasteiger partial charge in [-0.3, -0.25) is 9.59 Å². The number of para-hydroxylation sites is 1. The number of hydrogen-bond donors (Lipinski definition) is 2. The number of hydrogen-bond acceptors (Lipinski definition) is 4. The molecule has 0 spiro atoms. The number of aryl methyl sites for hydroxylation is 2. The number of rotatable bonds is 7. The maximum atomic E-state index is 12.7. The van der Waals surface area contributed by atoms with Crippen LogP contribution in [0.1, 0.15) is 40.7 Å². The average molecular weight is 418 g/mol. The molecule has 30 heavy (non-hydrogen) atoms. The van der Waals surface area contributed by atoms with E-state index in [1.807, 2.05) is 42.6 Å². The van der Waals surface area contributed by atoms with Crippen LogP contribution in [-0.2, 0) is 11.2 Å². The Morgan fingerprint density at radius 2 is 1.90 bits per heavy atom. The van der Waals surface area contributed by atoms with Crippen LogP contribution in [0.25, 0.3) is 10.9 Å². The lowest BCUT2D eigenvalue weighted by atomic mass is 10.0. The van der Waals surface area contributed by atoms with Crippen LogP contribution in [0.15, 0.2) is 70.8 Å². The van der Waals surface area contributed by atoms with E-state index in [4.69, 9.17) is 0 Å². The first-order chi connectivity index (χ1) is 14.6. The first-order valence-electron chi connectivity index (χ1n) is 9.97. The maximum Gasteiger partial charge on any atom is 0.258 e. The molecule has 1 unspecified atom stereocenters. The lowest BCUT2D eigenvalue weighted by molar-refractivity contribution is -0.121. The van der Waals surface area contributed by atoms with Gasteiger partial charge in [-0.1, -0.05) is 48.0 Å². The number of H-pyrrole nitrogens is 1. The van der Waals surface area contributed by atoms with Gasteiger partial charge in [-0.2, -0.15) is 0 Å². The smallest absolute Gasteiger partial charge is 0.258 e. The highest BCUT2D eigenvalue weighted by Gasteiger charge is 2.17. The third kappa shape index (κ3) is 4.66. The van der Waals surface area contributed by atoms with Crippen molar-refractivity contribution in [2.45, 2.75) is 32.2 Å². The van der Waals surface area contributed by atoms with Crippen LogP contribution in [0.3, 0.4) is 0 Å². The van der Waals surface area contributed by atoms with Crippen LogP contribution in [0.5, 0.6) is 0 Å². The molecule has 5 nitrogen and oxygen atoms in total. The van der Waals surface area contributed by atoms with Gasteiger partial charge >= 0.3 is 0 Å². The Labute approximate surface area is 178 Å².